The van der Waals surface area contributed by atoms with Crippen LogP contribution in [-0.2, 0) is 0 Å². The van der Waals surface area contributed by atoms with Crippen molar-refractivity contribution in [3.63, 3.8) is 0 Å². The quantitative estimate of drug-likeness (QED) is 0.918. The van der Waals surface area contributed by atoms with Crippen molar-refractivity contribution in [2.45, 2.75) is 0 Å². The van der Waals surface area contributed by atoms with Crippen LogP contribution in [0.3, 0.4) is 0 Å². The number of aromatic nitrogens is 2. The summed E-state index contributed by atoms with van der Waals surface area (Å²) in [4.78, 5) is 10.7. The second-order valence-corrected chi connectivity index (χ2v) is 4.40. The lowest BCUT2D eigenvalue weighted by Gasteiger charge is -2.16. The maximum atomic E-state index is 5.87. The summed E-state index contributed by atoms with van der Waals surface area (Å²) in [7, 11) is 1.92. The third kappa shape index (κ3) is 2.97. The Kier molecular flexibility index (Phi) is 4.12. The van der Waals surface area contributed by atoms with Crippen molar-refractivity contribution in [2.24, 2.45) is 5.73 Å². The van der Waals surface area contributed by atoms with Crippen molar-refractivity contribution in [3.8, 4) is 11.3 Å². The van der Waals surface area contributed by atoms with E-state index in [1.807, 2.05) is 42.3 Å². The highest BCUT2D eigenvalue weighted by atomic mass is 35.5. The number of hydrogen-bond donors (Lipinski definition) is 1. The van der Waals surface area contributed by atoms with Crippen molar-refractivity contribution in [1.82, 2.24) is 9.97 Å². The number of likely N-dealkylation sites (N-methyl/N-ethyl adjacent to an activating group) is 1. The molecule has 0 amide bonds. The topological polar surface area (TPSA) is 55.0 Å². The minimum Gasteiger partial charge on any atom is -0.343 e. The summed E-state index contributed by atoms with van der Waals surface area (Å²) >= 11 is 5.87. The molecule has 0 bridgehead atoms. The smallest absolute Gasteiger partial charge is 0.225 e. The zero-order valence-electron chi connectivity index (χ0n) is 10.2. The van der Waals surface area contributed by atoms with E-state index in [1.165, 1.54) is 0 Å². The SMILES string of the molecule is CN(CCN)c1nccc(-c2ccc(Cl)cc2)n1. The third-order valence-corrected chi connectivity index (χ3v) is 2.84. The van der Waals surface area contributed by atoms with Gasteiger partial charge in [0.2, 0.25) is 5.95 Å². The number of anilines is 1. The van der Waals surface area contributed by atoms with E-state index in [0.717, 1.165) is 17.8 Å². The minimum atomic E-state index is 0.574. The molecule has 0 fully saturated rings. The van der Waals surface area contributed by atoms with Crippen LogP contribution >= 0.6 is 11.6 Å². The van der Waals surface area contributed by atoms with E-state index in [2.05, 4.69) is 9.97 Å². The van der Waals surface area contributed by atoms with Gasteiger partial charge in [-0.2, -0.15) is 0 Å². The summed E-state index contributed by atoms with van der Waals surface area (Å²) in [6.45, 7) is 1.30. The van der Waals surface area contributed by atoms with Gasteiger partial charge in [-0.1, -0.05) is 23.7 Å². The van der Waals surface area contributed by atoms with Crippen molar-refractivity contribution < 1.29 is 0 Å². The Balaban J connectivity index is 2.29. The predicted octanol–water partition coefficient (Wildman–Crippen LogP) is 2.19. The van der Waals surface area contributed by atoms with Crippen LogP contribution in [0, 0.1) is 0 Å². The standard InChI is InChI=1S/C13H15ClN4/c1-18(9-7-15)13-16-8-6-12(17-13)10-2-4-11(14)5-3-10/h2-6,8H,7,9,15H2,1H3. The zero-order chi connectivity index (χ0) is 13.0. The minimum absolute atomic E-state index is 0.574. The molecule has 0 aliphatic heterocycles. The van der Waals surface area contributed by atoms with E-state index in [0.29, 0.717) is 17.5 Å². The molecular formula is C13H15ClN4. The van der Waals surface area contributed by atoms with Gasteiger partial charge in [-0.25, -0.2) is 9.97 Å². The molecule has 0 saturated heterocycles. The lowest BCUT2D eigenvalue weighted by atomic mass is 10.1. The van der Waals surface area contributed by atoms with Gasteiger partial charge in [0, 0.05) is 36.9 Å². The first-order chi connectivity index (χ1) is 8.70. The first-order valence-electron chi connectivity index (χ1n) is 5.71. The third-order valence-electron chi connectivity index (χ3n) is 2.59. The number of nitrogens with zero attached hydrogens (tertiary/aromatic N) is 3. The Morgan fingerprint density at radius 1 is 1.22 bits per heavy atom. The van der Waals surface area contributed by atoms with Crippen molar-refractivity contribution >= 4 is 17.5 Å². The molecule has 18 heavy (non-hydrogen) atoms. The van der Waals surface area contributed by atoms with Gasteiger partial charge in [-0.3, -0.25) is 0 Å². The molecule has 1 aromatic carbocycles. The van der Waals surface area contributed by atoms with E-state index in [4.69, 9.17) is 17.3 Å². The van der Waals surface area contributed by atoms with Gasteiger partial charge in [0.1, 0.15) is 0 Å². The fourth-order valence-corrected chi connectivity index (χ4v) is 1.73. The fraction of sp³-hybridized carbons (Fsp3) is 0.231. The Hall–Kier alpha value is -1.65. The summed E-state index contributed by atoms with van der Waals surface area (Å²) in [6, 6.07) is 9.46. The predicted molar refractivity (Wildman–Crippen MR) is 74.8 cm³/mol. The highest BCUT2D eigenvalue weighted by Crippen LogP contribution is 2.20. The molecule has 2 N–H and O–H groups in total. The van der Waals surface area contributed by atoms with Crippen molar-refractivity contribution in [1.29, 1.82) is 0 Å². The molecule has 4 nitrogen and oxygen atoms in total. The summed E-state index contributed by atoms with van der Waals surface area (Å²) < 4.78 is 0. The molecule has 0 saturated carbocycles. The van der Waals surface area contributed by atoms with Gasteiger partial charge in [0.05, 0.1) is 5.69 Å². The number of benzene rings is 1. The van der Waals surface area contributed by atoms with Gasteiger partial charge >= 0.3 is 0 Å². The molecule has 1 heterocycles. The van der Waals surface area contributed by atoms with Gasteiger partial charge < -0.3 is 10.6 Å². The second-order valence-electron chi connectivity index (χ2n) is 3.96. The second kappa shape index (κ2) is 5.80. The Labute approximate surface area is 111 Å². The highest BCUT2D eigenvalue weighted by molar-refractivity contribution is 6.30. The van der Waals surface area contributed by atoms with Gasteiger partial charge in [-0.05, 0) is 18.2 Å². The number of hydrogen-bond acceptors (Lipinski definition) is 4. The van der Waals surface area contributed by atoms with E-state index in [1.54, 1.807) is 6.20 Å². The van der Waals surface area contributed by atoms with Gasteiger partial charge in [0.25, 0.3) is 0 Å². The molecule has 2 aromatic rings. The number of nitrogens with two attached hydrogens (primary N) is 1. The van der Waals surface area contributed by atoms with Crippen LogP contribution in [0.5, 0.6) is 0 Å². The summed E-state index contributed by atoms with van der Waals surface area (Å²) in [5.41, 5.74) is 7.41. The van der Waals surface area contributed by atoms with Crippen LogP contribution < -0.4 is 10.6 Å². The summed E-state index contributed by atoms with van der Waals surface area (Å²) in [5, 5.41) is 0.716. The van der Waals surface area contributed by atoms with E-state index in [-0.39, 0.29) is 0 Å². The molecule has 2 rings (SSSR count). The van der Waals surface area contributed by atoms with Crippen LogP contribution in [0.4, 0.5) is 5.95 Å². The molecule has 0 aliphatic rings. The summed E-state index contributed by atoms with van der Waals surface area (Å²) in [5.74, 6) is 0.674. The van der Waals surface area contributed by atoms with E-state index >= 15 is 0 Å². The Morgan fingerprint density at radius 3 is 2.61 bits per heavy atom. The normalized spacial score (nSPS) is 10.4. The molecule has 1 aromatic heterocycles. The molecule has 0 atom stereocenters. The molecule has 0 aliphatic carbocycles. The molecular weight excluding hydrogens is 248 g/mol. The van der Waals surface area contributed by atoms with Crippen LogP contribution in [0.25, 0.3) is 11.3 Å². The average molecular weight is 263 g/mol. The Bertz CT molecular complexity index is 513. The lowest BCUT2D eigenvalue weighted by Crippen LogP contribution is -2.26. The van der Waals surface area contributed by atoms with E-state index < -0.39 is 0 Å². The highest BCUT2D eigenvalue weighted by Gasteiger charge is 2.05. The fourth-order valence-electron chi connectivity index (χ4n) is 1.61. The van der Waals surface area contributed by atoms with Crippen molar-refractivity contribution in [2.75, 3.05) is 25.0 Å². The zero-order valence-corrected chi connectivity index (χ0v) is 10.9. The molecule has 0 radical (unpaired) electrons. The molecule has 0 spiro atoms. The first-order valence-corrected chi connectivity index (χ1v) is 6.08. The lowest BCUT2D eigenvalue weighted by molar-refractivity contribution is 0.847. The summed E-state index contributed by atoms with van der Waals surface area (Å²) in [6.07, 6.45) is 1.75. The first kappa shape index (κ1) is 12.8. The van der Waals surface area contributed by atoms with Crippen LogP contribution in [0.2, 0.25) is 5.02 Å². The Morgan fingerprint density at radius 2 is 1.94 bits per heavy atom. The molecule has 0 unspecified atom stereocenters. The largest absolute Gasteiger partial charge is 0.343 e. The maximum Gasteiger partial charge on any atom is 0.225 e. The van der Waals surface area contributed by atoms with Crippen molar-refractivity contribution in [3.05, 3.63) is 41.6 Å². The number of halogens is 1. The number of rotatable bonds is 4. The van der Waals surface area contributed by atoms with Crippen LogP contribution in [-0.4, -0.2) is 30.1 Å². The van der Waals surface area contributed by atoms with Gasteiger partial charge in [-0.15, -0.1) is 0 Å². The average Bonchev–Trinajstić information content (AvgIpc) is 2.40. The molecule has 5 heteroatoms. The van der Waals surface area contributed by atoms with Crippen LogP contribution in [0.1, 0.15) is 0 Å². The molecule has 94 valence electrons. The van der Waals surface area contributed by atoms with Crippen LogP contribution in [0.15, 0.2) is 36.5 Å². The maximum absolute atomic E-state index is 5.87. The monoisotopic (exact) mass is 262 g/mol. The van der Waals surface area contributed by atoms with Gasteiger partial charge in [0.15, 0.2) is 0 Å². The van der Waals surface area contributed by atoms with E-state index in [9.17, 15) is 0 Å².